The minimum atomic E-state index is 0.651. The number of fused-ring (bicyclic) bond motifs is 6. The van der Waals surface area contributed by atoms with Crippen molar-refractivity contribution in [2.75, 3.05) is 0 Å². The SMILES string of the molecule is Cc1cccc(-c2ccc(C=N)c(-n3c4ccccc4c4ccccc43)c2)c1-n1c2ccccc2c2cc(C#N)ccc21. The van der Waals surface area contributed by atoms with Crippen molar-refractivity contribution in [3.8, 4) is 28.6 Å². The van der Waals surface area contributed by atoms with Crippen LogP contribution in [0, 0.1) is 23.7 Å². The van der Waals surface area contributed by atoms with Gasteiger partial charge in [0.2, 0.25) is 0 Å². The number of hydrogen-bond acceptors (Lipinski definition) is 2. The van der Waals surface area contributed by atoms with Crippen LogP contribution in [0.3, 0.4) is 0 Å². The monoisotopic (exact) mass is 550 g/mol. The first-order valence-corrected chi connectivity index (χ1v) is 14.3. The number of nitriles is 1. The zero-order valence-electron chi connectivity index (χ0n) is 23.5. The molecular weight excluding hydrogens is 524 g/mol. The number of nitrogens with zero attached hydrogens (tertiary/aromatic N) is 3. The van der Waals surface area contributed by atoms with Crippen LogP contribution in [0.5, 0.6) is 0 Å². The van der Waals surface area contributed by atoms with Crippen LogP contribution in [-0.4, -0.2) is 15.3 Å². The van der Waals surface area contributed by atoms with E-state index < -0.39 is 0 Å². The lowest BCUT2D eigenvalue weighted by atomic mass is 9.97. The summed E-state index contributed by atoms with van der Waals surface area (Å²) >= 11 is 0. The van der Waals surface area contributed by atoms with Gasteiger partial charge in [-0.3, -0.25) is 0 Å². The Morgan fingerprint density at radius 1 is 0.605 bits per heavy atom. The van der Waals surface area contributed by atoms with Gasteiger partial charge < -0.3 is 14.5 Å². The van der Waals surface area contributed by atoms with Crippen LogP contribution in [0.15, 0.2) is 127 Å². The molecule has 0 saturated heterocycles. The minimum absolute atomic E-state index is 0.651. The van der Waals surface area contributed by atoms with Crippen LogP contribution < -0.4 is 0 Å². The average Bonchev–Trinajstić information content (AvgIpc) is 3.57. The van der Waals surface area contributed by atoms with E-state index in [0.717, 1.165) is 66.5 Å². The standard InChI is InChI=1S/C39H26N4/c1-25-9-8-13-29(39(25)43-36-16-7-4-12-32(36)33-21-26(23-40)17-20-37(33)43)27-18-19-28(24-41)38(22-27)42-34-14-5-2-10-30(34)31-11-3-6-15-35(31)42/h2-22,24,41H,1H3. The molecule has 0 saturated carbocycles. The molecule has 6 aromatic carbocycles. The topological polar surface area (TPSA) is 57.5 Å². The lowest BCUT2D eigenvalue weighted by Crippen LogP contribution is -2.02. The molecule has 0 aliphatic heterocycles. The van der Waals surface area contributed by atoms with Crippen LogP contribution in [0.25, 0.3) is 66.1 Å². The Morgan fingerprint density at radius 2 is 1.21 bits per heavy atom. The molecule has 0 aliphatic carbocycles. The smallest absolute Gasteiger partial charge is 0.0991 e. The highest BCUT2D eigenvalue weighted by Gasteiger charge is 2.20. The number of aryl methyl sites for hydroxylation is 1. The van der Waals surface area contributed by atoms with Crippen LogP contribution in [-0.2, 0) is 0 Å². The summed E-state index contributed by atoms with van der Waals surface area (Å²) in [6, 6.07) is 46.5. The lowest BCUT2D eigenvalue weighted by molar-refractivity contribution is 1.15. The van der Waals surface area contributed by atoms with Gasteiger partial charge in [0.1, 0.15) is 0 Å². The Hall–Kier alpha value is -5.92. The summed E-state index contributed by atoms with van der Waals surface area (Å²) in [6.07, 6.45) is 1.44. The van der Waals surface area contributed by atoms with Gasteiger partial charge >= 0.3 is 0 Å². The van der Waals surface area contributed by atoms with E-state index in [4.69, 9.17) is 5.41 Å². The van der Waals surface area contributed by atoms with E-state index in [1.54, 1.807) is 0 Å². The molecular formula is C39H26N4. The Morgan fingerprint density at radius 3 is 1.86 bits per heavy atom. The summed E-state index contributed by atoms with van der Waals surface area (Å²) in [5.41, 5.74) is 11.3. The van der Waals surface area contributed by atoms with Gasteiger partial charge in [-0.1, -0.05) is 84.9 Å². The number of aromatic nitrogens is 2. The molecule has 0 bridgehead atoms. The van der Waals surface area contributed by atoms with Crippen molar-refractivity contribution in [3.05, 3.63) is 144 Å². The quantitative estimate of drug-likeness (QED) is 0.218. The number of hydrogen-bond donors (Lipinski definition) is 1. The van der Waals surface area contributed by atoms with E-state index in [9.17, 15) is 5.26 Å². The van der Waals surface area contributed by atoms with Crippen molar-refractivity contribution < 1.29 is 0 Å². The summed E-state index contributed by atoms with van der Waals surface area (Å²) < 4.78 is 4.62. The molecule has 202 valence electrons. The molecule has 4 nitrogen and oxygen atoms in total. The normalized spacial score (nSPS) is 11.4. The van der Waals surface area contributed by atoms with Crippen molar-refractivity contribution >= 4 is 49.8 Å². The fourth-order valence-electron chi connectivity index (χ4n) is 6.68. The van der Waals surface area contributed by atoms with Crippen LogP contribution in [0.2, 0.25) is 0 Å². The third-order valence-corrected chi connectivity index (χ3v) is 8.58. The first-order chi connectivity index (χ1) is 21.2. The molecule has 0 fully saturated rings. The molecule has 2 aromatic heterocycles. The van der Waals surface area contributed by atoms with Crippen molar-refractivity contribution in [1.29, 1.82) is 10.7 Å². The maximum Gasteiger partial charge on any atom is 0.0991 e. The highest BCUT2D eigenvalue weighted by atomic mass is 15.0. The molecule has 0 atom stereocenters. The molecule has 43 heavy (non-hydrogen) atoms. The van der Waals surface area contributed by atoms with Crippen LogP contribution in [0.4, 0.5) is 0 Å². The molecule has 0 spiro atoms. The fourth-order valence-corrected chi connectivity index (χ4v) is 6.68. The number of nitrogens with one attached hydrogen (secondary N) is 1. The van der Waals surface area contributed by atoms with E-state index >= 15 is 0 Å². The van der Waals surface area contributed by atoms with Crippen molar-refractivity contribution in [3.63, 3.8) is 0 Å². The average molecular weight is 551 g/mol. The van der Waals surface area contributed by atoms with Gasteiger partial charge in [0, 0.05) is 38.9 Å². The highest BCUT2D eigenvalue weighted by Crippen LogP contribution is 2.40. The second-order valence-electron chi connectivity index (χ2n) is 11.0. The third kappa shape index (κ3) is 3.65. The maximum absolute atomic E-state index is 9.63. The van der Waals surface area contributed by atoms with E-state index in [0.29, 0.717) is 5.56 Å². The van der Waals surface area contributed by atoms with Crippen LogP contribution in [0.1, 0.15) is 16.7 Å². The van der Waals surface area contributed by atoms with Gasteiger partial charge in [-0.15, -0.1) is 0 Å². The molecule has 1 N–H and O–H groups in total. The first kappa shape index (κ1) is 24.8. The summed E-state index contributed by atoms with van der Waals surface area (Å²) in [4.78, 5) is 0. The van der Waals surface area contributed by atoms with Crippen molar-refractivity contribution in [2.45, 2.75) is 6.92 Å². The van der Waals surface area contributed by atoms with Gasteiger partial charge in [0.25, 0.3) is 0 Å². The maximum atomic E-state index is 9.63. The zero-order chi connectivity index (χ0) is 29.1. The number of rotatable bonds is 4. The van der Waals surface area contributed by atoms with Gasteiger partial charge in [0.15, 0.2) is 0 Å². The Bertz CT molecular complexity index is 2400. The Kier molecular flexibility index (Phi) is 5.53. The summed E-state index contributed by atoms with van der Waals surface area (Å²) in [5, 5.41) is 22.5. The lowest BCUT2D eigenvalue weighted by Gasteiger charge is -2.19. The molecule has 4 heteroatoms. The second kappa shape index (κ2) is 9.58. The molecule has 8 aromatic rings. The predicted molar refractivity (Wildman–Crippen MR) is 178 cm³/mol. The zero-order valence-corrected chi connectivity index (χ0v) is 23.5. The second-order valence-corrected chi connectivity index (χ2v) is 11.0. The largest absolute Gasteiger partial charge is 0.309 e. The van der Waals surface area contributed by atoms with Gasteiger partial charge in [-0.2, -0.15) is 5.26 Å². The van der Waals surface area contributed by atoms with Gasteiger partial charge in [0.05, 0.1) is 45.1 Å². The van der Waals surface area contributed by atoms with E-state index in [-0.39, 0.29) is 0 Å². The molecule has 0 radical (unpaired) electrons. The van der Waals surface area contributed by atoms with Crippen molar-refractivity contribution in [1.82, 2.24) is 9.13 Å². The third-order valence-electron chi connectivity index (χ3n) is 8.58. The summed E-state index contributed by atoms with van der Waals surface area (Å²) in [7, 11) is 0. The Labute approximate surface area is 248 Å². The Balaban J connectivity index is 1.44. The molecule has 0 amide bonds. The highest BCUT2D eigenvalue weighted by molar-refractivity contribution is 6.11. The predicted octanol–water partition coefficient (Wildman–Crippen LogP) is 9.73. The molecule has 8 rings (SSSR count). The van der Waals surface area contributed by atoms with Crippen molar-refractivity contribution in [2.24, 2.45) is 0 Å². The number of para-hydroxylation sites is 4. The van der Waals surface area contributed by atoms with E-state index in [1.165, 1.54) is 17.0 Å². The molecule has 0 unspecified atom stereocenters. The minimum Gasteiger partial charge on any atom is -0.309 e. The van der Waals surface area contributed by atoms with Crippen LogP contribution >= 0.6 is 0 Å². The van der Waals surface area contributed by atoms with Gasteiger partial charge in [-0.05, 0) is 60.5 Å². The first-order valence-electron chi connectivity index (χ1n) is 14.3. The molecule has 2 heterocycles. The summed E-state index contributed by atoms with van der Waals surface area (Å²) in [6.45, 7) is 2.16. The van der Waals surface area contributed by atoms with E-state index in [2.05, 4.69) is 137 Å². The fraction of sp³-hybridized carbons (Fsp3) is 0.0256. The molecule has 0 aliphatic rings. The van der Waals surface area contributed by atoms with E-state index in [1.807, 2.05) is 12.1 Å². The summed E-state index contributed by atoms with van der Waals surface area (Å²) in [5.74, 6) is 0. The number of benzene rings is 6. The van der Waals surface area contributed by atoms with Gasteiger partial charge in [-0.25, -0.2) is 0 Å².